The van der Waals surface area contributed by atoms with E-state index in [2.05, 4.69) is 0 Å². The van der Waals surface area contributed by atoms with Gasteiger partial charge in [-0.15, -0.1) is 0 Å². The van der Waals surface area contributed by atoms with Gasteiger partial charge in [-0.2, -0.15) is 8.78 Å². The van der Waals surface area contributed by atoms with Crippen molar-refractivity contribution < 1.29 is 13.6 Å². The summed E-state index contributed by atoms with van der Waals surface area (Å²) in [6.45, 7) is 0. The van der Waals surface area contributed by atoms with E-state index in [4.69, 9.17) is 23.2 Å². The number of rotatable bonds is 0. The van der Waals surface area contributed by atoms with E-state index in [-0.39, 0.29) is 0 Å². The Hall–Kier alpha value is -0.410. The molecule has 1 nitrogen and oxygen atoms in total. The first kappa shape index (κ1) is 8.68. The first-order chi connectivity index (χ1) is 4.92. The molecule has 0 unspecified atom stereocenters. The SMILES string of the molecule is O=C1C(Cl)=CC(F)(F)C=C1Cl. The Kier molecular flexibility index (Phi) is 2.03. The molecule has 0 bridgehead atoms. The maximum atomic E-state index is 12.4. The van der Waals surface area contributed by atoms with Crippen LogP contribution in [0.25, 0.3) is 0 Å². The third-order valence-electron chi connectivity index (χ3n) is 1.07. The summed E-state index contributed by atoms with van der Waals surface area (Å²) in [4.78, 5) is 10.7. The standard InChI is InChI=1S/C6H2Cl2F2O/c7-3-1-6(9,10)2-4(8)5(3)11/h1-2H. The maximum Gasteiger partial charge on any atom is 0.288 e. The molecule has 0 radical (unpaired) electrons. The molecule has 0 saturated heterocycles. The predicted molar refractivity (Wildman–Crippen MR) is 37.8 cm³/mol. The Labute approximate surface area is 71.3 Å². The zero-order valence-corrected chi connectivity index (χ0v) is 6.59. The Morgan fingerprint density at radius 2 is 1.55 bits per heavy atom. The highest BCUT2D eigenvalue weighted by Crippen LogP contribution is 2.30. The minimum absolute atomic E-state index is 0.364. The van der Waals surface area contributed by atoms with Crippen molar-refractivity contribution in [3.63, 3.8) is 0 Å². The predicted octanol–water partition coefficient (Wildman–Crippen LogP) is 2.45. The number of carbonyl (C=O) groups excluding carboxylic acids is 1. The van der Waals surface area contributed by atoms with Gasteiger partial charge in [0, 0.05) is 12.2 Å². The zero-order chi connectivity index (χ0) is 8.65. The fraction of sp³-hybridized carbons (Fsp3) is 0.167. The van der Waals surface area contributed by atoms with E-state index in [0.717, 1.165) is 0 Å². The van der Waals surface area contributed by atoms with Gasteiger partial charge in [0.15, 0.2) is 0 Å². The minimum atomic E-state index is -3.21. The first-order valence-corrected chi connectivity index (χ1v) is 3.37. The molecule has 0 aromatic heterocycles. The van der Waals surface area contributed by atoms with Crippen LogP contribution in [0, 0.1) is 0 Å². The van der Waals surface area contributed by atoms with Crippen molar-refractivity contribution in [2.75, 3.05) is 0 Å². The van der Waals surface area contributed by atoms with Crippen LogP contribution in [0.2, 0.25) is 0 Å². The second-order valence-corrected chi connectivity index (χ2v) is 2.80. The molecule has 0 aliphatic heterocycles. The highest BCUT2D eigenvalue weighted by Gasteiger charge is 2.32. The topological polar surface area (TPSA) is 17.1 Å². The fourth-order valence-corrected chi connectivity index (χ4v) is 1.17. The molecule has 0 fully saturated rings. The van der Waals surface area contributed by atoms with Crippen LogP contribution >= 0.6 is 23.2 Å². The van der Waals surface area contributed by atoms with Crippen LogP contribution in [0.4, 0.5) is 8.78 Å². The molecule has 0 heterocycles. The molecule has 0 saturated carbocycles. The summed E-state index contributed by atoms with van der Waals surface area (Å²) in [7, 11) is 0. The second-order valence-electron chi connectivity index (χ2n) is 1.99. The molecule has 0 spiro atoms. The number of ketones is 1. The molecule has 5 heteroatoms. The van der Waals surface area contributed by atoms with Crippen LogP contribution in [0.1, 0.15) is 0 Å². The largest absolute Gasteiger partial charge is 0.288 e. The summed E-state index contributed by atoms with van der Waals surface area (Å²) < 4.78 is 24.8. The summed E-state index contributed by atoms with van der Waals surface area (Å²) in [6.07, 6.45) is 0.728. The fourth-order valence-electron chi connectivity index (χ4n) is 0.625. The molecule has 0 atom stereocenters. The van der Waals surface area contributed by atoms with Gasteiger partial charge in [0.25, 0.3) is 5.92 Å². The molecular weight excluding hydrogens is 197 g/mol. The summed E-state index contributed by atoms with van der Waals surface area (Å²) >= 11 is 10.3. The van der Waals surface area contributed by atoms with Gasteiger partial charge in [-0.3, -0.25) is 4.79 Å². The third-order valence-corrected chi connectivity index (χ3v) is 1.63. The van der Waals surface area contributed by atoms with Gasteiger partial charge < -0.3 is 0 Å². The summed E-state index contributed by atoms with van der Waals surface area (Å²) in [5.74, 6) is -3.97. The van der Waals surface area contributed by atoms with Gasteiger partial charge in [0.05, 0.1) is 10.1 Å². The quantitative estimate of drug-likeness (QED) is 0.585. The highest BCUT2D eigenvalue weighted by atomic mass is 35.5. The van der Waals surface area contributed by atoms with Gasteiger partial charge in [-0.05, 0) is 0 Å². The van der Waals surface area contributed by atoms with Crippen LogP contribution in [0.15, 0.2) is 22.2 Å². The van der Waals surface area contributed by atoms with E-state index < -0.39 is 21.8 Å². The Morgan fingerprint density at radius 1 is 1.18 bits per heavy atom. The van der Waals surface area contributed by atoms with Crippen molar-refractivity contribution in [3.8, 4) is 0 Å². The molecule has 0 amide bonds. The second kappa shape index (κ2) is 2.57. The number of alkyl halides is 2. The number of hydrogen-bond acceptors (Lipinski definition) is 1. The Morgan fingerprint density at radius 3 is 1.91 bits per heavy atom. The monoisotopic (exact) mass is 198 g/mol. The molecular formula is C6H2Cl2F2O. The molecule has 1 aliphatic carbocycles. The summed E-state index contributed by atoms with van der Waals surface area (Å²) in [5, 5.41) is -1.08. The number of hydrogen-bond donors (Lipinski definition) is 0. The molecule has 0 aromatic rings. The van der Waals surface area contributed by atoms with Gasteiger partial charge in [-0.1, -0.05) is 23.2 Å². The Balaban J connectivity index is 3.08. The average Bonchev–Trinajstić information content (AvgIpc) is 1.81. The van der Waals surface area contributed by atoms with Gasteiger partial charge in [0.1, 0.15) is 0 Å². The summed E-state index contributed by atoms with van der Waals surface area (Å²) in [6, 6.07) is 0. The number of halogens is 4. The molecule has 11 heavy (non-hydrogen) atoms. The third kappa shape index (κ3) is 1.79. The molecule has 60 valence electrons. The molecule has 0 N–H and O–H groups in total. The highest BCUT2D eigenvalue weighted by molar-refractivity contribution is 6.55. The van der Waals surface area contributed by atoms with Crippen LogP contribution in [-0.4, -0.2) is 11.7 Å². The smallest absolute Gasteiger partial charge is 0.287 e. The maximum absolute atomic E-state index is 12.4. The lowest BCUT2D eigenvalue weighted by molar-refractivity contribution is -0.111. The van der Waals surface area contributed by atoms with Crippen molar-refractivity contribution in [2.45, 2.75) is 5.92 Å². The van der Waals surface area contributed by atoms with Crippen molar-refractivity contribution >= 4 is 29.0 Å². The number of Topliss-reactive ketones (excluding diaryl/α,β-unsaturated/α-hetero) is 1. The Bertz CT molecular complexity index is 244. The number of allylic oxidation sites excluding steroid dienone is 4. The lowest BCUT2D eigenvalue weighted by atomic mass is 10.1. The van der Waals surface area contributed by atoms with Gasteiger partial charge in [-0.25, -0.2) is 0 Å². The van der Waals surface area contributed by atoms with E-state index in [0.29, 0.717) is 12.2 Å². The van der Waals surface area contributed by atoms with Crippen molar-refractivity contribution in [2.24, 2.45) is 0 Å². The normalized spacial score (nSPS) is 22.7. The van der Waals surface area contributed by atoms with Crippen molar-refractivity contribution in [3.05, 3.63) is 22.2 Å². The minimum Gasteiger partial charge on any atom is -0.287 e. The van der Waals surface area contributed by atoms with E-state index >= 15 is 0 Å². The van der Waals surface area contributed by atoms with E-state index in [1.807, 2.05) is 0 Å². The van der Waals surface area contributed by atoms with Crippen molar-refractivity contribution in [1.29, 1.82) is 0 Å². The van der Waals surface area contributed by atoms with Gasteiger partial charge in [0.2, 0.25) is 5.78 Å². The molecule has 1 aliphatic rings. The first-order valence-electron chi connectivity index (χ1n) is 2.61. The molecule has 0 aromatic carbocycles. The van der Waals surface area contributed by atoms with Crippen LogP contribution < -0.4 is 0 Å². The van der Waals surface area contributed by atoms with E-state index in [9.17, 15) is 13.6 Å². The number of carbonyl (C=O) groups is 1. The van der Waals surface area contributed by atoms with Crippen molar-refractivity contribution in [1.82, 2.24) is 0 Å². The molecule has 1 rings (SSSR count). The lowest BCUT2D eigenvalue weighted by Gasteiger charge is -2.12. The van der Waals surface area contributed by atoms with E-state index in [1.54, 1.807) is 0 Å². The van der Waals surface area contributed by atoms with Crippen LogP contribution in [-0.2, 0) is 4.79 Å². The lowest BCUT2D eigenvalue weighted by Crippen LogP contribution is -2.17. The average molecular weight is 199 g/mol. The van der Waals surface area contributed by atoms with Gasteiger partial charge >= 0.3 is 0 Å². The zero-order valence-electron chi connectivity index (χ0n) is 5.07. The van der Waals surface area contributed by atoms with E-state index in [1.165, 1.54) is 0 Å². The van der Waals surface area contributed by atoms with Crippen LogP contribution in [0.3, 0.4) is 0 Å². The van der Waals surface area contributed by atoms with Crippen LogP contribution in [0.5, 0.6) is 0 Å². The summed E-state index contributed by atoms with van der Waals surface area (Å²) in [5.41, 5.74) is 0.